The van der Waals surface area contributed by atoms with Crippen LogP contribution in [0.4, 0.5) is 10.1 Å². The van der Waals surface area contributed by atoms with Crippen LogP contribution >= 0.6 is 0 Å². The van der Waals surface area contributed by atoms with Crippen molar-refractivity contribution in [2.75, 3.05) is 31.2 Å². The van der Waals surface area contributed by atoms with Gasteiger partial charge in [0.15, 0.2) is 0 Å². The molecule has 0 spiro atoms. The standard InChI is InChI=1S/C26H31FN4O3/c1-2-3-8-31-17-21(26(33)29-16-19-6-4-18(15-28)5-7-19)25(32)24-22(27)13-20(14-23(24)31)30-9-11-34-12-10-30/h4-7,13-14,17H,2-3,8-12,15-16,28H2,1H3,(H,29,33). The number of nitrogens with one attached hydrogen (secondary N) is 1. The number of pyridine rings is 1. The minimum atomic E-state index is -0.610. The van der Waals surface area contributed by atoms with Crippen molar-refractivity contribution < 1.29 is 13.9 Å². The summed E-state index contributed by atoms with van der Waals surface area (Å²) in [6.07, 6.45) is 3.34. The van der Waals surface area contributed by atoms with Crippen LogP contribution in [-0.2, 0) is 24.4 Å². The van der Waals surface area contributed by atoms with Gasteiger partial charge in [0, 0.05) is 44.6 Å². The minimum absolute atomic E-state index is 0.0481. The molecule has 1 aliphatic rings. The number of aryl methyl sites for hydroxylation is 1. The fourth-order valence-electron chi connectivity index (χ4n) is 4.20. The van der Waals surface area contributed by atoms with E-state index in [4.69, 9.17) is 10.5 Å². The van der Waals surface area contributed by atoms with Crippen LogP contribution in [0.5, 0.6) is 0 Å². The second-order valence-electron chi connectivity index (χ2n) is 8.54. The number of nitrogens with zero attached hydrogens (tertiary/aromatic N) is 2. The molecule has 2 heterocycles. The predicted octanol–water partition coefficient (Wildman–Crippen LogP) is 3.17. The molecule has 1 aromatic heterocycles. The lowest BCUT2D eigenvalue weighted by molar-refractivity contribution is 0.0949. The van der Waals surface area contributed by atoms with E-state index in [-0.39, 0.29) is 17.5 Å². The SMILES string of the molecule is CCCCn1cc(C(=O)NCc2ccc(CN)cc2)c(=O)c2c(F)cc(N3CCOCC3)cc21. The molecule has 0 atom stereocenters. The van der Waals surface area contributed by atoms with Crippen LogP contribution < -0.4 is 21.4 Å². The summed E-state index contributed by atoms with van der Waals surface area (Å²) in [5, 5.41) is 2.75. The monoisotopic (exact) mass is 466 g/mol. The summed E-state index contributed by atoms with van der Waals surface area (Å²) >= 11 is 0. The van der Waals surface area contributed by atoms with E-state index in [1.165, 1.54) is 6.07 Å². The van der Waals surface area contributed by atoms with Gasteiger partial charge in [0.2, 0.25) is 5.43 Å². The number of carbonyl (C=O) groups is 1. The van der Waals surface area contributed by atoms with E-state index in [1.807, 2.05) is 34.9 Å². The van der Waals surface area contributed by atoms with Gasteiger partial charge < -0.3 is 25.3 Å². The molecule has 180 valence electrons. The summed E-state index contributed by atoms with van der Waals surface area (Å²) < 4.78 is 22.6. The van der Waals surface area contributed by atoms with Crippen LogP contribution in [0, 0.1) is 5.82 Å². The minimum Gasteiger partial charge on any atom is -0.378 e. The number of anilines is 1. The number of benzene rings is 2. The summed E-state index contributed by atoms with van der Waals surface area (Å²) in [6, 6.07) is 10.8. The van der Waals surface area contributed by atoms with E-state index < -0.39 is 17.2 Å². The number of nitrogens with two attached hydrogens (primary N) is 1. The molecule has 3 aromatic rings. The average Bonchev–Trinajstić information content (AvgIpc) is 2.87. The van der Waals surface area contributed by atoms with Crippen molar-refractivity contribution in [3.8, 4) is 0 Å². The average molecular weight is 467 g/mol. The van der Waals surface area contributed by atoms with Crippen molar-refractivity contribution in [1.29, 1.82) is 0 Å². The summed E-state index contributed by atoms with van der Waals surface area (Å²) in [7, 11) is 0. The van der Waals surface area contributed by atoms with Crippen LogP contribution in [0.3, 0.4) is 0 Å². The lowest BCUT2D eigenvalue weighted by Gasteiger charge is -2.29. The Labute approximate surface area is 198 Å². The molecular weight excluding hydrogens is 435 g/mol. The van der Waals surface area contributed by atoms with Crippen molar-refractivity contribution in [1.82, 2.24) is 9.88 Å². The molecule has 0 radical (unpaired) electrons. The number of unbranched alkanes of at least 4 members (excludes halogenated alkanes) is 1. The Morgan fingerprint density at radius 3 is 2.53 bits per heavy atom. The number of hydrogen-bond donors (Lipinski definition) is 2. The molecule has 1 amide bonds. The first kappa shape index (κ1) is 23.9. The summed E-state index contributed by atoms with van der Waals surface area (Å²) in [6.45, 7) is 5.84. The van der Waals surface area contributed by atoms with Gasteiger partial charge in [0.1, 0.15) is 11.4 Å². The number of ether oxygens (including phenoxy) is 1. The quantitative estimate of drug-likeness (QED) is 0.532. The van der Waals surface area contributed by atoms with Crippen LogP contribution in [0.2, 0.25) is 0 Å². The van der Waals surface area contributed by atoms with Crippen molar-refractivity contribution in [3.05, 3.63) is 75.3 Å². The predicted molar refractivity (Wildman–Crippen MR) is 132 cm³/mol. The number of rotatable bonds is 8. The smallest absolute Gasteiger partial charge is 0.257 e. The van der Waals surface area contributed by atoms with Gasteiger partial charge >= 0.3 is 0 Å². The maximum absolute atomic E-state index is 15.3. The molecule has 1 fully saturated rings. The number of halogens is 1. The number of fused-ring (bicyclic) bond motifs is 1. The molecular formula is C26H31FN4O3. The molecule has 4 rings (SSSR count). The zero-order valence-corrected chi connectivity index (χ0v) is 19.5. The zero-order valence-electron chi connectivity index (χ0n) is 19.5. The number of carbonyl (C=O) groups excluding carboxylic acids is 1. The molecule has 0 aliphatic carbocycles. The maximum Gasteiger partial charge on any atom is 0.257 e. The molecule has 8 heteroatoms. The highest BCUT2D eigenvalue weighted by Crippen LogP contribution is 2.25. The largest absolute Gasteiger partial charge is 0.378 e. The maximum atomic E-state index is 15.3. The molecule has 34 heavy (non-hydrogen) atoms. The second kappa shape index (κ2) is 10.8. The van der Waals surface area contributed by atoms with Gasteiger partial charge in [-0.2, -0.15) is 0 Å². The number of aromatic nitrogens is 1. The van der Waals surface area contributed by atoms with Gasteiger partial charge in [0.25, 0.3) is 5.91 Å². The van der Waals surface area contributed by atoms with Gasteiger partial charge in [0.05, 0.1) is 24.1 Å². The van der Waals surface area contributed by atoms with Crippen molar-refractivity contribution >= 4 is 22.5 Å². The number of amides is 1. The zero-order chi connectivity index (χ0) is 24.1. The Kier molecular flexibility index (Phi) is 7.59. The lowest BCUT2D eigenvalue weighted by Crippen LogP contribution is -2.36. The molecule has 7 nitrogen and oxygen atoms in total. The molecule has 0 bridgehead atoms. The molecule has 2 aromatic carbocycles. The third kappa shape index (κ3) is 5.13. The Balaban J connectivity index is 1.68. The Bertz CT molecular complexity index is 1220. The van der Waals surface area contributed by atoms with E-state index in [9.17, 15) is 9.59 Å². The van der Waals surface area contributed by atoms with E-state index >= 15 is 4.39 Å². The van der Waals surface area contributed by atoms with Gasteiger partial charge in [-0.25, -0.2) is 4.39 Å². The Morgan fingerprint density at radius 2 is 1.85 bits per heavy atom. The summed E-state index contributed by atoms with van der Waals surface area (Å²) in [5.74, 6) is -1.13. The highest BCUT2D eigenvalue weighted by atomic mass is 19.1. The van der Waals surface area contributed by atoms with Crippen molar-refractivity contribution in [3.63, 3.8) is 0 Å². The van der Waals surface area contributed by atoms with Crippen LogP contribution in [0.25, 0.3) is 10.9 Å². The van der Waals surface area contributed by atoms with E-state index in [2.05, 4.69) is 17.1 Å². The third-order valence-electron chi connectivity index (χ3n) is 6.21. The normalized spacial score (nSPS) is 13.9. The van der Waals surface area contributed by atoms with Gasteiger partial charge in [-0.05, 0) is 29.7 Å². The first-order valence-corrected chi connectivity index (χ1v) is 11.8. The molecule has 0 saturated carbocycles. The molecule has 1 saturated heterocycles. The highest BCUT2D eigenvalue weighted by Gasteiger charge is 2.21. The second-order valence-corrected chi connectivity index (χ2v) is 8.54. The van der Waals surface area contributed by atoms with Gasteiger partial charge in [-0.3, -0.25) is 9.59 Å². The van der Waals surface area contributed by atoms with Crippen LogP contribution in [0.15, 0.2) is 47.4 Å². The topological polar surface area (TPSA) is 89.6 Å². The molecule has 3 N–H and O–H groups in total. The van der Waals surface area contributed by atoms with Gasteiger partial charge in [-0.1, -0.05) is 37.6 Å². The lowest BCUT2D eigenvalue weighted by atomic mass is 10.1. The number of hydrogen-bond acceptors (Lipinski definition) is 5. The molecule has 1 aliphatic heterocycles. The van der Waals surface area contributed by atoms with E-state index in [0.717, 1.165) is 29.7 Å². The fraction of sp³-hybridized carbons (Fsp3) is 0.385. The summed E-state index contributed by atoms with van der Waals surface area (Å²) in [5.41, 5.74) is 8.09. The van der Waals surface area contributed by atoms with E-state index in [0.29, 0.717) is 44.9 Å². The van der Waals surface area contributed by atoms with Crippen LogP contribution in [0.1, 0.15) is 41.3 Å². The Morgan fingerprint density at radius 1 is 1.15 bits per heavy atom. The summed E-state index contributed by atoms with van der Waals surface area (Å²) in [4.78, 5) is 28.3. The van der Waals surface area contributed by atoms with Crippen LogP contribution in [-0.4, -0.2) is 36.8 Å². The van der Waals surface area contributed by atoms with Crippen molar-refractivity contribution in [2.45, 2.75) is 39.4 Å². The van der Waals surface area contributed by atoms with Gasteiger partial charge in [-0.15, -0.1) is 0 Å². The third-order valence-corrected chi connectivity index (χ3v) is 6.21. The first-order chi connectivity index (χ1) is 16.5. The number of morpholine rings is 1. The fourth-order valence-corrected chi connectivity index (χ4v) is 4.20. The Hall–Kier alpha value is -3.23. The molecule has 0 unspecified atom stereocenters. The highest BCUT2D eigenvalue weighted by molar-refractivity contribution is 5.98. The van der Waals surface area contributed by atoms with E-state index in [1.54, 1.807) is 6.20 Å². The van der Waals surface area contributed by atoms with Crippen molar-refractivity contribution in [2.24, 2.45) is 5.73 Å². The first-order valence-electron chi connectivity index (χ1n) is 11.8.